The summed E-state index contributed by atoms with van der Waals surface area (Å²) in [7, 11) is -2.49. The molecular weight excluding hydrogens is 310 g/mol. The number of rotatable bonds is 6. The van der Waals surface area contributed by atoms with E-state index in [0.29, 0.717) is 13.1 Å². The molecule has 1 aliphatic rings. The van der Waals surface area contributed by atoms with E-state index in [0.717, 1.165) is 17.1 Å². The van der Waals surface area contributed by atoms with Gasteiger partial charge in [0.25, 0.3) is 5.91 Å². The Morgan fingerprint density at radius 1 is 1.36 bits per heavy atom. The Kier molecular flexibility index (Phi) is 4.87. The van der Waals surface area contributed by atoms with Gasteiger partial charge in [-0.1, -0.05) is 0 Å². The molecule has 0 saturated carbocycles. The third-order valence-electron chi connectivity index (χ3n) is 3.63. The number of aromatic nitrogens is 1. The summed E-state index contributed by atoms with van der Waals surface area (Å²) in [6.07, 6.45) is 2.89. The van der Waals surface area contributed by atoms with Gasteiger partial charge in [-0.05, 0) is 18.9 Å². The molecule has 9 heteroatoms. The summed E-state index contributed by atoms with van der Waals surface area (Å²) in [5, 5.41) is 8.62. The second-order valence-electron chi connectivity index (χ2n) is 5.22. The van der Waals surface area contributed by atoms with Crippen molar-refractivity contribution in [3.63, 3.8) is 0 Å². The largest absolute Gasteiger partial charge is 0.481 e. The minimum Gasteiger partial charge on any atom is -0.481 e. The van der Waals surface area contributed by atoms with Crippen LogP contribution < -0.4 is 0 Å². The second-order valence-corrected chi connectivity index (χ2v) is 7.26. The Labute approximate surface area is 128 Å². The highest BCUT2D eigenvalue weighted by atomic mass is 32.2. The standard InChI is InChI=1S/C13H19N3O5S/c1-15(7-4-12(17)18)22(20,21)10-8-11(14-9-10)13(19)16-5-2-3-6-16/h8-9,14H,2-7H2,1H3,(H,17,18). The molecule has 2 N–H and O–H groups in total. The van der Waals surface area contributed by atoms with E-state index in [2.05, 4.69) is 4.98 Å². The van der Waals surface area contributed by atoms with Gasteiger partial charge in [-0.15, -0.1) is 0 Å². The fourth-order valence-corrected chi connectivity index (χ4v) is 3.46. The molecule has 2 rings (SSSR count). The molecule has 1 saturated heterocycles. The summed E-state index contributed by atoms with van der Waals surface area (Å²) in [6.45, 7) is 1.23. The number of H-pyrrole nitrogens is 1. The lowest BCUT2D eigenvalue weighted by atomic mass is 10.4. The zero-order valence-corrected chi connectivity index (χ0v) is 13.1. The number of hydrogen-bond acceptors (Lipinski definition) is 4. The molecule has 1 amide bonds. The summed E-state index contributed by atoms with van der Waals surface area (Å²) in [4.78, 5) is 27.0. The van der Waals surface area contributed by atoms with Gasteiger partial charge in [0.2, 0.25) is 10.0 Å². The molecule has 0 aliphatic carbocycles. The number of sulfonamides is 1. The van der Waals surface area contributed by atoms with Gasteiger partial charge in [0, 0.05) is 32.9 Å². The maximum Gasteiger partial charge on any atom is 0.304 e. The van der Waals surface area contributed by atoms with Crippen molar-refractivity contribution in [3.05, 3.63) is 18.0 Å². The fourth-order valence-electron chi connectivity index (χ4n) is 2.29. The van der Waals surface area contributed by atoms with Gasteiger partial charge in [0.15, 0.2) is 0 Å². The van der Waals surface area contributed by atoms with Gasteiger partial charge in [-0.25, -0.2) is 12.7 Å². The summed E-state index contributed by atoms with van der Waals surface area (Å²) < 4.78 is 25.5. The highest BCUT2D eigenvalue weighted by molar-refractivity contribution is 7.89. The van der Waals surface area contributed by atoms with E-state index in [1.165, 1.54) is 19.3 Å². The van der Waals surface area contributed by atoms with Gasteiger partial charge in [-0.3, -0.25) is 9.59 Å². The van der Waals surface area contributed by atoms with Crippen LogP contribution in [0.3, 0.4) is 0 Å². The molecule has 1 fully saturated rings. The van der Waals surface area contributed by atoms with Crippen molar-refractivity contribution in [2.45, 2.75) is 24.2 Å². The van der Waals surface area contributed by atoms with Gasteiger partial charge >= 0.3 is 5.97 Å². The molecule has 0 atom stereocenters. The van der Waals surface area contributed by atoms with Crippen LogP contribution in [-0.2, 0) is 14.8 Å². The highest BCUT2D eigenvalue weighted by Crippen LogP contribution is 2.18. The quantitative estimate of drug-likeness (QED) is 0.782. The molecule has 1 aromatic rings. The predicted molar refractivity (Wildman–Crippen MR) is 78.0 cm³/mol. The van der Waals surface area contributed by atoms with Crippen LogP contribution in [0, 0.1) is 0 Å². The Balaban J connectivity index is 2.12. The Morgan fingerprint density at radius 3 is 2.59 bits per heavy atom. The van der Waals surface area contributed by atoms with E-state index in [4.69, 9.17) is 5.11 Å². The molecule has 0 radical (unpaired) electrons. The number of hydrogen-bond donors (Lipinski definition) is 2. The molecule has 0 bridgehead atoms. The molecular formula is C13H19N3O5S. The first kappa shape index (κ1) is 16.5. The predicted octanol–water partition coefficient (Wildman–Crippen LogP) is 0.346. The van der Waals surface area contributed by atoms with Crippen molar-refractivity contribution < 1.29 is 23.1 Å². The number of carbonyl (C=O) groups excluding carboxylic acids is 1. The summed E-state index contributed by atoms with van der Waals surface area (Å²) in [6, 6.07) is 1.30. The van der Waals surface area contributed by atoms with Gasteiger partial charge in [-0.2, -0.15) is 0 Å². The summed E-state index contributed by atoms with van der Waals surface area (Å²) in [5.74, 6) is -1.28. The number of likely N-dealkylation sites (tertiary alicyclic amines) is 1. The van der Waals surface area contributed by atoms with Crippen molar-refractivity contribution in [1.29, 1.82) is 0 Å². The first-order valence-electron chi connectivity index (χ1n) is 6.98. The lowest BCUT2D eigenvalue weighted by Crippen LogP contribution is -2.29. The minimum atomic E-state index is -3.80. The lowest BCUT2D eigenvalue weighted by molar-refractivity contribution is -0.137. The normalized spacial score (nSPS) is 15.5. The number of carboxylic acid groups (broad SMARTS) is 1. The molecule has 0 unspecified atom stereocenters. The highest BCUT2D eigenvalue weighted by Gasteiger charge is 2.26. The number of aliphatic carboxylic acids is 1. The molecule has 0 spiro atoms. The number of carboxylic acids is 1. The van der Waals surface area contributed by atoms with Crippen LogP contribution in [0.4, 0.5) is 0 Å². The van der Waals surface area contributed by atoms with Crippen LogP contribution in [0.25, 0.3) is 0 Å². The molecule has 0 aromatic carbocycles. The number of nitrogens with zero attached hydrogens (tertiary/aromatic N) is 2. The summed E-state index contributed by atoms with van der Waals surface area (Å²) in [5.41, 5.74) is 0.229. The SMILES string of the molecule is CN(CCC(=O)O)S(=O)(=O)c1c[nH]c(C(=O)N2CCCC2)c1. The molecule has 8 nitrogen and oxygen atoms in total. The lowest BCUT2D eigenvalue weighted by Gasteiger charge is -2.15. The van der Waals surface area contributed by atoms with Crippen molar-refractivity contribution in [1.82, 2.24) is 14.2 Å². The van der Waals surface area contributed by atoms with E-state index in [-0.39, 0.29) is 29.5 Å². The van der Waals surface area contributed by atoms with E-state index in [1.54, 1.807) is 4.90 Å². The number of carbonyl (C=O) groups is 2. The second kappa shape index (κ2) is 6.49. The van der Waals surface area contributed by atoms with Crippen molar-refractivity contribution in [2.24, 2.45) is 0 Å². The van der Waals surface area contributed by atoms with E-state index in [9.17, 15) is 18.0 Å². The first-order chi connectivity index (χ1) is 10.3. The Hall–Kier alpha value is -1.87. The van der Waals surface area contributed by atoms with Crippen molar-refractivity contribution in [2.75, 3.05) is 26.7 Å². The number of aromatic amines is 1. The number of nitrogens with one attached hydrogen (secondary N) is 1. The van der Waals surface area contributed by atoms with E-state index >= 15 is 0 Å². The zero-order valence-electron chi connectivity index (χ0n) is 12.3. The maximum atomic E-state index is 12.3. The van der Waals surface area contributed by atoms with E-state index < -0.39 is 16.0 Å². The van der Waals surface area contributed by atoms with Crippen LogP contribution in [0.15, 0.2) is 17.2 Å². The van der Waals surface area contributed by atoms with Gasteiger partial charge in [0.1, 0.15) is 10.6 Å². The zero-order chi connectivity index (χ0) is 16.3. The van der Waals surface area contributed by atoms with Crippen LogP contribution >= 0.6 is 0 Å². The van der Waals surface area contributed by atoms with Crippen LogP contribution in [0.2, 0.25) is 0 Å². The average Bonchev–Trinajstić information content (AvgIpc) is 3.14. The molecule has 22 heavy (non-hydrogen) atoms. The molecule has 1 aliphatic heterocycles. The van der Waals surface area contributed by atoms with E-state index in [1.807, 2.05) is 0 Å². The van der Waals surface area contributed by atoms with Crippen molar-refractivity contribution >= 4 is 21.9 Å². The first-order valence-corrected chi connectivity index (χ1v) is 8.42. The van der Waals surface area contributed by atoms with Crippen LogP contribution in [0.5, 0.6) is 0 Å². The molecule has 1 aromatic heterocycles. The van der Waals surface area contributed by atoms with Crippen molar-refractivity contribution in [3.8, 4) is 0 Å². The molecule has 2 heterocycles. The Bertz CT molecular complexity index is 661. The number of amides is 1. The monoisotopic (exact) mass is 329 g/mol. The van der Waals surface area contributed by atoms with Gasteiger partial charge in [0.05, 0.1) is 6.42 Å². The average molecular weight is 329 g/mol. The third kappa shape index (κ3) is 3.47. The molecule has 122 valence electrons. The van der Waals surface area contributed by atoms with Crippen LogP contribution in [0.1, 0.15) is 29.8 Å². The Morgan fingerprint density at radius 2 is 2.00 bits per heavy atom. The fraction of sp³-hybridized carbons (Fsp3) is 0.538. The minimum absolute atomic E-state index is 0.0389. The summed E-state index contributed by atoms with van der Waals surface area (Å²) >= 11 is 0. The topological polar surface area (TPSA) is 111 Å². The smallest absolute Gasteiger partial charge is 0.304 e. The van der Waals surface area contributed by atoms with Gasteiger partial charge < -0.3 is 15.0 Å². The maximum absolute atomic E-state index is 12.3. The third-order valence-corrected chi connectivity index (χ3v) is 5.46. The van der Waals surface area contributed by atoms with Crippen LogP contribution in [-0.4, -0.2) is 66.3 Å².